The van der Waals surface area contributed by atoms with Crippen molar-refractivity contribution >= 4 is 22.9 Å². The summed E-state index contributed by atoms with van der Waals surface area (Å²) in [6, 6.07) is 5.18. The predicted octanol–water partition coefficient (Wildman–Crippen LogP) is 2.07. The van der Waals surface area contributed by atoms with Crippen LogP contribution in [0, 0.1) is 6.92 Å². The highest BCUT2D eigenvalue weighted by atomic mass is 16.4. The van der Waals surface area contributed by atoms with E-state index in [-0.39, 0.29) is 17.7 Å². The van der Waals surface area contributed by atoms with E-state index in [1.807, 2.05) is 0 Å². The summed E-state index contributed by atoms with van der Waals surface area (Å²) in [5.41, 5.74) is 1.42. The third-order valence-corrected chi connectivity index (χ3v) is 2.54. The zero-order valence-corrected chi connectivity index (χ0v) is 9.06. The molecule has 17 heavy (non-hydrogen) atoms. The van der Waals surface area contributed by atoms with E-state index in [0.717, 1.165) is 5.56 Å². The molecule has 5 nitrogen and oxygen atoms in total. The number of aliphatic carboxylic acids is 1. The maximum atomic E-state index is 11.0. The van der Waals surface area contributed by atoms with Crippen LogP contribution in [0.15, 0.2) is 22.6 Å². The highest BCUT2D eigenvalue weighted by Crippen LogP contribution is 2.28. The van der Waals surface area contributed by atoms with E-state index in [1.54, 1.807) is 25.1 Å². The maximum Gasteiger partial charge on any atom is 0.372 e. The molecule has 0 amide bonds. The van der Waals surface area contributed by atoms with Crippen LogP contribution in [-0.4, -0.2) is 22.2 Å². The second-order valence-corrected chi connectivity index (χ2v) is 3.74. The Labute approximate surface area is 96.3 Å². The summed E-state index contributed by atoms with van der Waals surface area (Å²) >= 11 is 0. The minimum atomic E-state index is -1.25. The number of carboxylic acids is 2. The van der Waals surface area contributed by atoms with Gasteiger partial charge in [0.1, 0.15) is 5.58 Å². The predicted molar refractivity (Wildman–Crippen MR) is 59.3 cm³/mol. The lowest BCUT2D eigenvalue weighted by Crippen LogP contribution is -2.05. The molecule has 1 aromatic heterocycles. The number of para-hydroxylation sites is 1. The van der Waals surface area contributed by atoms with Gasteiger partial charge < -0.3 is 14.6 Å². The molecule has 0 aliphatic rings. The summed E-state index contributed by atoms with van der Waals surface area (Å²) < 4.78 is 5.23. The third-order valence-electron chi connectivity index (χ3n) is 2.54. The minimum absolute atomic E-state index is 0.212. The highest BCUT2D eigenvalue weighted by Gasteiger charge is 2.22. The smallest absolute Gasteiger partial charge is 0.372 e. The molecule has 5 heteroatoms. The Morgan fingerprint density at radius 1 is 1.29 bits per heavy atom. The van der Waals surface area contributed by atoms with Gasteiger partial charge in [-0.2, -0.15) is 0 Å². The van der Waals surface area contributed by atoms with Crippen molar-refractivity contribution in [3.05, 3.63) is 35.1 Å². The molecule has 2 N–H and O–H groups in total. The van der Waals surface area contributed by atoms with Gasteiger partial charge in [0.05, 0.1) is 6.42 Å². The van der Waals surface area contributed by atoms with Gasteiger partial charge in [0, 0.05) is 10.9 Å². The van der Waals surface area contributed by atoms with Crippen LogP contribution < -0.4 is 0 Å². The summed E-state index contributed by atoms with van der Waals surface area (Å²) in [6.45, 7) is 1.78. The van der Waals surface area contributed by atoms with Crippen LogP contribution in [0.4, 0.5) is 0 Å². The number of carbonyl (C=O) groups is 2. The van der Waals surface area contributed by atoms with Gasteiger partial charge in [-0.05, 0) is 12.5 Å². The number of hydrogen-bond donors (Lipinski definition) is 2. The molecule has 0 radical (unpaired) electrons. The van der Waals surface area contributed by atoms with Crippen LogP contribution in [0.2, 0.25) is 0 Å². The lowest BCUT2D eigenvalue weighted by molar-refractivity contribution is -0.136. The van der Waals surface area contributed by atoms with E-state index in [9.17, 15) is 9.59 Å². The average molecular weight is 234 g/mol. The number of fused-ring (bicyclic) bond motifs is 1. The van der Waals surface area contributed by atoms with Crippen molar-refractivity contribution in [3.8, 4) is 0 Å². The van der Waals surface area contributed by atoms with Gasteiger partial charge in [0.15, 0.2) is 0 Å². The summed E-state index contributed by atoms with van der Waals surface area (Å²) in [7, 11) is 0. The molecule has 88 valence electrons. The van der Waals surface area contributed by atoms with E-state index >= 15 is 0 Å². The normalized spacial score (nSPS) is 10.6. The average Bonchev–Trinajstić information content (AvgIpc) is 2.58. The van der Waals surface area contributed by atoms with Crippen molar-refractivity contribution in [1.82, 2.24) is 0 Å². The number of aromatic carboxylic acids is 1. The van der Waals surface area contributed by atoms with Gasteiger partial charge in [-0.25, -0.2) is 4.79 Å². The van der Waals surface area contributed by atoms with Gasteiger partial charge in [-0.3, -0.25) is 4.79 Å². The van der Waals surface area contributed by atoms with Crippen LogP contribution in [0.5, 0.6) is 0 Å². The van der Waals surface area contributed by atoms with E-state index in [4.69, 9.17) is 14.6 Å². The number of carboxylic acid groups (broad SMARTS) is 2. The second kappa shape index (κ2) is 3.93. The molecule has 1 heterocycles. The van der Waals surface area contributed by atoms with Crippen molar-refractivity contribution in [2.45, 2.75) is 13.3 Å². The van der Waals surface area contributed by atoms with E-state index in [0.29, 0.717) is 11.0 Å². The Hall–Kier alpha value is -2.30. The first-order chi connectivity index (χ1) is 8.00. The van der Waals surface area contributed by atoms with Crippen molar-refractivity contribution < 1.29 is 24.2 Å². The molecule has 1 aromatic carbocycles. The fourth-order valence-corrected chi connectivity index (χ4v) is 1.81. The summed E-state index contributed by atoms with van der Waals surface area (Å²) in [5.74, 6) is -2.63. The monoisotopic (exact) mass is 234 g/mol. The fourth-order valence-electron chi connectivity index (χ4n) is 1.81. The minimum Gasteiger partial charge on any atom is -0.481 e. The van der Waals surface area contributed by atoms with Gasteiger partial charge in [-0.15, -0.1) is 0 Å². The molecule has 0 atom stereocenters. The maximum absolute atomic E-state index is 11.0. The van der Waals surface area contributed by atoms with E-state index in [2.05, 4.69) is 0 Å². The van der Waals surface area contributed by atoms with Crippen molar-refractivity contribution in [3.63, 3.8) is 0 Å². The topological polar surface area (TPSA) is 87.7 Å². The Balaban J connectivity index is 2.75. The number of furan rings is 1. The molecule has 2 aromatic rings. The van der Waals surface area contributed by atoms with Crippen molar-refractivity contribution in [1.29, 1.82) is 0 Å². The number of hydrogen-bond acceptors (Lipinski definition) is 3. The largest absolute Gasteiger partial charge is 0.481 e. The SMILES string of the molecule is Cc1cccc2c(CC(=O)O)c(C(=O)O)oc12. The summed E-state index contributed by atoms with van der Waals surface area (Å²) in [6.07, 6.45) is -0.363. The number of rotatable bonds is 3. The highest BCUT2D eigenvalue weighted by molar-refractivity contribution is 5.98. The van der Waals surface area contributed by atoms with Crippen molar-refractivity contribution in [2.75, 3.05) is 0 Å². The van der Waals surface area contributed by atoms with Gasteiger partial charge in [-0.1, -0.05) is 18.2 Å². The lowest BCUT2D eigenvalue weighted by atomic mass is 10.1. The number of aryl methyl sites for hydroxylation is 1. The molecular weight excluding hydrogens is 224 g/mol. The first-order valence-electron chi connectivity index (χ1n) is 4.96. The molecule has 0 bridgehead atoms. The number of benzene rings is 1. The van der Waals surface area contributed by atoms with Crippen LogP contribution in [0.25, 0.3) is 11.0 Å². The standard InChI is InChI=1S/C12H10O5/c1-6-3-2-4-7-8(5-9(13)14)11(12(15)16)17-10(6)7/h2-4H,5H2,1H3,(H,13,14)(H,15,16). The Bertz CT molecular complexity index is 609. The zero-order valence-electron chi connectivity index (χ0n) is 9.06. The third kappa shape index (κ3) is 1.87. The van der Waals surface area contributed by atoms with Crippen LogP contribution in [0.3, 0.4) is 0 Å². The molecule has 0 saturated heterocycles. The van der Waals surface area contributed by atoms with Crippen LogP contribution in [-0.2, 0) is 11.2 Å². The first kappa shape index (κ1) is 11.2. The van der Waals surface area contributed by atoms with Gasteiger partial charge >= 0.3 is 11.9 Å². The molecule has 0 aliphatic heterocycles. The fraction of sp³-hybridized carbons (Fsp3) is 0.167. The van der Waals surface area contributed by atoms with Gasteiger partial charge in [0.2, 0.25) is 5.76 Å². The zero-order chi connectivity index (χ0) is 12.6. The summed E-state index contributed by atoms with van der Waals surface area (Å²) in [5, 5.41) is 18.3. The van der Waals surface area contributed by atoms with Crippen LogP contribution in [0.1, 0.15) is 21.7 Å². The Kier molecular flexibility index (Phi) is 2.59. The molecule has 0 aliphatic carbocycles. The molecular formula is C12H10O5. The van der Waals surface area contributed by atoms with Crippen molar-refractivity contribution in [2.24, 2.45) is 0 Å². The molecule has 0 spiro atoms. The molecule has 0 unspecified atom stereocenters. The van der Waals surface area contributed by atoms with E-state index in [1.165, 1.54) is 0 Å². The first-order valence-corrected chi connectivity index (χ1v) is 4.96. The molecule has 2 rings (SSSR count). The quantitative estimate of drug-likeness (QED) is 0.848. The molecule has 0 saturated carbocycles. The lowest BCUT2D eigenvalue weighted by Gasteiger charge is -1.95. The van der Waals surface area contributed by atoms with Gasteiger partial charge in [0.25, 0.3) is 0 Å². The summed E-state index contributed by atoms with van der Waals surface area (Å²) in [4.78, 5) is 21.7. The molecule has 0 fully saturated rings. The van der Waals surface area contributed by atoms with E-state index < -0.39 is 11.9 Å². The Morgan fingerprint density at radius 3 is 2.59 bits per heavy atom. The van der Waals surface area contributed by atoms with Crippen LogP contribution >= 0.6 is 0 Å². The Morgan fingerprint density at radius 2 is 2.00 bits per heavy atom. The second-order valence-electron chi connectivity index (χ2n) is 3.74.